The Kier molecular flexibility index (Phi) is 6.17. The summed E-state index contributed by atoms with van der Waals surface area (Å²) >= 11 is 0. The minimum Gasteiger partial charge on any atom is -0.347 e. The Balaban J connectivity index is 2.47. The van der Waals surface area contributed by atoms with Gasteiger partial charge in [-0.15, -0.1) is 0 Å². The Morgan fingerprint density at radius 3 is 2.50 bits per heavy atom. The Morgan fingerprint density at radius 1 is 1.20 bits per heavy atom. The normalized spacial score (nSPS) is 10.5. The van der Waals surface area contributed by atoms with Crippen molar-refractivity contribution in [3.63, 3.8) is 0 Å². The van der Waals surface area contributed by atoms with Crippen LogP contribution in [0.5, 0.6) is 0 Å². The molecule has 0 aliphatic rings. The molecule has 0 saturated heterocycles. The number of anilines is 1. The standard InChI is InChI=1S/C13H24N6O/c1-10-8-11(17-12(16-10)19(4)5)9-15-13(20)14-6-7-18(2)3/h8H,6-7,9H2,1-5H3,(H2,14,15,20). The lowest BCUT2D eigenvalue weighted by Gasteiger charge is -2.13. The van der Waals surface area contributed by atoms with Crippen molar-refractivity contribution in [2.45, 2.75) is 13.5 Å². The first kappa shape index (κ1) is 16.2. The SMILES string of the molecule is Cc1cc(CNC(=O)NCCN(C)C)nc(N(C)C)n1. The van der Waals surface area contributed by atoms with E-state index in [1.165, 1.54) is 0 Å². The van der Waals surface area contributed by atoms with Crippen LogP contribution in [0.1, 0.15) is 11.4 Å². The zero-order valence-electron chi connectivity index (χ0n) is 12.9. The topological polar surface area (TPSA) is 73.4 Å². The van der Waals surface area contributed by atoms with Gasteiger partial charge in [0.05, 0.1) is 12.2 Å². The van der Waals surface area contributed by atoms with Gasteiger partial charge in [0, 0.05) is 32.9 Å². The molecular weight excluding hydrogens is 256 g/mol. The lowest BCUT2D eigenvalue weighted by atomic mass is 10.3. The number of aromatic nitrogens is 2. The molecule has 0 spiro atoms. The van der Waals surface area contributed by atoms with Gasteiger partial charge in [-0.05, 0) is 27.1 Å². The minimum atomic E-state index is -0.186. The van der Waals surface area contributed by atoms with Crippen molar-refractivity contribution in [3.8, 4) is 0 Å². The van der Waals surface area contributed by atoms with Crippen LogP contribution < -0.4 is 15.5 Å². The zero-order valence-corrected chi connectivity index (χ0v) is 12.9. The first-order chi connectivity index (χ1) is 9.38. The maximum absolute atomic E-state index is 11.6. The van der Waals surface area contributed by atoms with Crippen LogP contribution in [0.2, 0.25) is 0 Å². The van der Waals surface area contributed by atoms with E-state index in [0.717, 1.165) is 17.9 Å². The lowest BCUT2D eigenvalue weighted by molar-refractivity contribution is 0.239. The van der Waals surface area contributed by atoms with Crippen LogP contribution >= 0.6 is 0 Å². The van der Waals surface area contributed by atoms with E-state index in [-0.39, 0.29) is 6.03 Å². The molecular formula is C13H24N6O. The van der Waals surface area contributed by atoms with Gasteiger partial charge < -0.3 is 20.4 Å². The molecule has 0 saturated carbocycles. The molecule has 2 amide bonds. The average Bonchev–Trinajstić information content (AvgIpc) is 2.35. The Bertz CT molecular complexity index is 446. The first-order valence-electron chi connectivity index (χ1n) is 6.57. The zero-order chi connectivity index (χ0) is 15.1. The Hall–Kier alpha value is -1.89. The summed E-state index contributed by atoms with van der Waals surface area (Å²) in [5.74, 6) is 0.648. The minimum absolute atomic E-state index is 0.186. The summed E-state index contributed by atoms with van der Waals surface area (Å²) < 4.78 is 0. The number of nitrogens with zero attached hydrogens (tertiary/aromatic N) is 4. The average molecular weight is 280 g/mol. The Labute approximate surface area is 120 Å². The van der Waals surface area contributed by atoms with Crippen molar-refractivity contribution in [1.29, 1.82) is 0 Å². The number of aryl methyl sites for hydroxylation is 1. The molecule has 2 N–H and O–H groups in total. The number of carbonyl (C=O) groups is 1. The van der Waals surface area contributed by atoms with Crippen molar-refractivity contribution in [1.82, 2.24) is 25.5 Å². The second-order valence-corrected chi connectivity index (χ2v) is 5.11. The van der Waals surface area contributed by atoms with Crippen molar-refractivity contribution in [2.75, 3.05) is 46.2 Å². The predicted molar refractivity (Wildman–Crippen MR) is 79.9 cm³/mol. The highest BCUT2D eigenvalue weighted by Crippen LogP contribution is 2.06. The summed E-state index contributed by atoms with van der Waals surface area (Å²) in [5.41, 5.74) is 1.68. The van der Waals surface area contributed by atoms with Crippen LogP contribution in [0.25, 0.3) is 0 Å². The predicted octanol–water partition coefficient (Wildman–Crippen LogP) is 0.212. The number of carbonyl (C=O) groups excluding carboxylic acids is 1. The molecule has 0 fully saturated rings. The summed E-state index contributed by atoms with van der Waals surface area (Å²) in [6.45, 7) is 3.72. The van der Waals surface area contributed by atoms with E-state index in [2.05, 4.69) is 20.6 Å². The van der Waals surface area contributed by atoms with E-state index < -0.39 is 0 Å². The monoisotopic (exact) mass is 280 g/mol. The van der Waals surface area contributed by atoms with Gasteiger partial charge in [-0.1, -0.05) is 0 Å². The number of likely N-dealkylation sites (N-methyl/N-ethyl adjacent to an activating group) is 1. The molecule has 0 atom stereocenters. The molecule has 0 radical (unpaired) electrons. The van der Waals surface area contributed by atoms with E-state index in [0.29, 0.717) is 19.0 Å². The number of hydrogen-bond donors (Lipinski definition) is 2. The van der Waals surface area contributed by atoms with Crippen molar-refractivity contribution in [2.24, 2.45) is 0 Å². The maximum Gasteiger partial charge on any atom is 0.315 e. The summed E-state index contributed by atoms with van der Waals surface area (Å²) in [5, 5.41) is 5.58. The highest BCUT2D eigenvalue weighted by atomic mass is 16.2. The van der Waals surface area contributed by atoms with Gasteiger partial charge in [0.15, 0.2) is 0 Å². The molecule has 0 bridgehead atoms. The third-order valence-electron chi connectivity index (χ3n) is 2.57. The summed E-state index contributed by atoms with van der Waals surface area (Å²) in [6.07, 6.45) is 0. The first-order valence-corrected chi connectivity index (χ1v) is 6.57. The lowest BCUT2D eigenvalue weighted by Crippen LogP contribution is -2.38. The van der Waals surface area contributed by atoms with Gasteiger partial charge in [0.2, 0.25) is 5.95 Å². The van der Waals surface area contributed by atoms with Crippen LogP contribution in [0.15, 0.2) is 6.07 Å². The third kappa shape index (κ3) is 5.83. The fourth-order valence-electron chi connectivity index (χ4n) is 1.53. The number of nitrogens with one attached hydrogen (secondary N) is 2. The maximum atomic E-state index is 11.6. The Morgan fingerprint density at radius 2 is 1.90 bits per heavy atom. The van der Waals surface area contributed by atoms with E-state index in [4.69, 9.17) is 0 Å². The third-order valence-corrected chi connectivity index (χ3v) is 2.57. The van der Waals surface area contributed by atoms with Crippen LogP contribution in [0, 0.1) is 6.92 Å². The molecule has 0 aromatic carbocycles. The molecule has 1 rings (SSSR count). The highest BCUT2D eigenvalue weighted by molar-refractivity contribution is 5.73. The summed E-state index contributed by atoms with van der Waals surface area (Å²) in [7, 11) is 7.71. The molecule has 1 aromatic rings. The molecule has 7 nitrogen and oxygen atoms in total. The number of amides is 2. The quantitative estimate of drug-likeness (QED) is 0.779. The van der Waals surface area contributed by atoms with Gasteiger partial charge >= 0.3 is 6.03 Å². The highest BCUT2D eigenvalue weighted by Gasteiger charge is 2.06. The van der Waals surface area contributed by atoms with E-state index in [9.17, 15) is 4.79 Å². The van der Waals surface area contributed by atoms with Crippen molar-refractivity contribution < 1.29 is 4.79 Å². The van der Waals surface area contributed by atoms with Crippen LogP contribution in [-0.2, 0) is 6.54 Å². The number of rotatable bonds is 6. The van der Waals surface area contributed by atoms with Gasteiger partial charge in [-0.25, -0.2) is 14.8 Å². The van der Waals surface area contributed by atoms with Gasteiger partial charge in [-0.3, -0.25) is 0 Å². The number of hydrogen-bond acceptors (Lipinski definition) is 5. The van der Waals surface area contributed by atoms with E-state index in [1.807, 2.05) is 51.0 Å². The molecule has 7 heteroatoms. The van der Waals surface area contributed by atoms with Crippen molar-refractivity contribution in [3.05, 3.63) is 17.5 Å². The van der Waals surface area contributed by atoms with Crippen LogP contribution in [0.4, 0.5) is 10.7 Å². The molecule has 0 unspecified atom stereocenters. The van der Waals surface area contributed by atoms with Gasteiger partial charge in [0.25, 0.3) is 0 Å². The fourth-order valence-corrected chi connectivity index (χ4v) is 1.53. The molecule has 20 heavy (non-hydrogen) atoms. The molecule has 0 aliphatic carbocycles. The van der Waals surface area contributed by atoms with Gasteiger partial charge in [-0.2, -0.15) is 0 Å². The fraction of sp³-hybridized carbons (Fsp3) is 0.615. The summed E-state index contributed by atoms with van der Waals surface area (Å²) in [4.78, 5) is 24.1. The molecule has 1 aromatic heterocycles. The molecule has 112 valence electrons. The van der Waals surface area contributed by atoms with E-state index >= 15 is 0 Å². The van der Waals surface area contributed by atoms with E-state index in [1.54, 1.807) is 0 Å². The van der Waals surface area contributed by atoms with Crippen molar-refractivity contribution >= 4 is 12.0 Å². The second kappa shape index (κ2) is 7.64. The second-order valence-electron chi connectivity index (χ2n) is 5.11. The number of urea groups is 1. The smallest absolute Gasteiger partial charge is 0.315 e. The van der Waals surface area contributed by atoms with Gasteiger partial charge in [0.1, 0.15) is 0 Å². The summed E-state index contributed by atoms with van der Waals surface area (Å²) in [6, 6.07) is 1.68. The molecule has 0 aliphatic heterocycles. The molecule has 1 heterocycles. The van der Waals surface area contributed by atoms with Crippen LogP contribution in [0.3, 0.4) is 0 Å². The largest absolute Gasteiger partial charge is 0.347 e. The van der Waals surface area contributed by atoms with Crippen LogP contribution in [-0.4, -0.2) is 62.2 Å².